The Morgan fingerprint density at radius 3 is 2.75 bits per heavy atom. The van der Waals surface area contributed by atoms with Gasteiger partial charge in [0.2, 0.25) is 0 Å². The van der Waals surface area contributed by atoms with Gasteiger partial charge in [-0.2, -0.15) is 0 Å². The predicted molar refractivity (Wildman–Crippen MR) is 42.7 cm³/mol. The zero-order valence-electron chi connectivity index (χ0n) is 6.10. The van der Waals surface area contributed by atoms with Crippen molar-refractivity contribution >= 4 is 11.4 Å². The van der Waals surface area contributed by atoms with Crippen molar-refractivity contribution in [2.45, 2.75) is 0 Å². The Hall–Kier alpha value is -1.78. The normalized spacial score (nSPS) is 9.42. The quantitative estimate of drug-likeness (QED) is 0.378. The van der Waals surface area contributed by atoms with E-state index in [2.05, 4.69) is 12.0 Å². The summed E-state index contributed by atoms with van der Waals surface area (Å²) in [7, 11) is 0. The summed E-state index contributed by atoms with van der Waals surface area (Å²) in [6.07, 6.45) is 0. The lowest BCUT2D eigenvalue weighted by Crippen LogP contribution is -1.89. The molecule has 0 amide bonds. The minimum Gasteiger partial charge on any atom is -0.424 e. The predicted octanol–water partition coefficient (Wildman–Crippen LogP) is 1.77. The Bertz CT molecular complexity index is 335. The molecule has 0 aliphatic heterocycles. The van der Waals surface area contributed by atoms with Crippen LogP contribution in [0, 0.1) is 17.0 Å². The van der Waals surface area contributed by atoms with Crippen LogP contribution in [0.1, 0.15) is 5.56 Å². The summed E-state index contributed by atoms with van der Waals surface area (Å²) in [6, 6.07) is 3.88. The van der Waals surface area contributed by atoms with Crippen LogP contribution in [0.15, 0.2) is 18.2 Å². The van der Waals surface area contributed by atoms with E-state index >= 15 is 0 Å². The first-order valence-electron chi connectivity index (χ1n) is 3.10. The fourth-order valence-corrected chi connectivity index (χ4v) is 0.759. The number of nitro benzene ring substituents is 1. The highest BCUT2D eigenvalue weighted by molar-refractivity contribution is 5.53. The van der Waals surface area contributed by atoms with Gasteiger partial charge in [0.1, 0.15) is 0 Å². The van der Waals surface area contributed by atoms with Crippen molar-refractivity contribution in [2.24, 2.45) is 0 Å². The molecule has 12 heavy (non-hydrogen) atoms. The van der Waals surface area contributed by atoms with Crippen molar-refractivity contribution in [3.8, 4) is 0 Å². The lowest BCUT2D eigenvalue weighted by Gasteiger charge is -1.91. The molecule has 60 valence electrons. The number of rotatable bonds is 2. The van der Waals surface area contributed by atoms with Gasteiger partial charge in [0.25, 0.3) is 11.4 Å². The topological polar surface area (TPSA) is 79.5 Å². The minimum absolute atomic E-state index is 0.115. The van der Waals surface area contributed by atoms with Crippen molar-refractivity contribution in [1.29, 1.82) is 0 Å². The molecule has 0 bridgehead atoms. The second-order valence-electron chi connectivity index (χ2n) is 2.17. The minimum atomic E-state index is -0.561. The molecule has 2 radical (unpaired) electrons. The van der Waals surface area contributed by atoms with E-state index in [1.807, 2.05) is 0 Å². The molecular weight excluding hydrogens is 158 g/mol. The molecule has 0 spiro atoms. The zero-order valence-corrected chi connectivity index (χ0v) is 6.10. The van der Waals surface area contributed by atoms with Crippen molar-refractivity contribution in [3.05, 3.63) is 46.3 Å². The third kappa shape index (κ3) is 1.45. The van der Waals surface area contributed by atoms with Crippen molar-refractivity contribution in [1.82, 2.24) is 5.11 Å². The molecule has 1 aromatic carbocycles. The average Bonchev–Trinajstić information content (AvgIpc) is 2.05. The Morgan fingerprint density at radius 1 is 1.58 bits per heavy atom. The van der Waals surface area contributed by atoms with Crippen LogP contribution in [0.3, 0.4) is 0 Å². The summed E-state index contributed by atoms with van der Waals surface area (Å²) < 4.78 is 0. The summed E-state index contributed by atoms with van der Waals surface area (Å²) >= 11 is 0. The maximum atomic E-state index is 10.2. The second kappa shape index (κ2) is 3.08. The summed E-state index contributed by atoms with van der Waals surface area (Å²) in [6.45, 7) is 3.52. The van der Waals surface area contributed by atoms with Crippen molar-refractivity contribution in [3.63, 3.8) is 0 Å². The Morgan fingerprint density at radius 2 is 2.25 bits per heavy atom. The van der Waals surface area contributed by atoms with Gasteiger partial charge in [-0.15, -0.1) is 0 Å². The van der Waals surface area contributed by atoms with Gasteiger partial charge in [-0.1, -0.05) is 0 Å². The van der Waals surface area contributed by atoms with E-state index in [-0.39, 0.29) is 11.4 Å². The molecule has 0 aliphatic carbocycles. The summed E-state index contributed by atoms with van der Waals surface area (Å²) in [5.74, 6) is 0. The van der Waals surface area contributed by atoms with Gasteiger partial charge in [0, 0.05) is 11.6 Å². The third-order valence-electron chi connectivity index (χ3n) is 1.39. The molecule has 0 aliphatic rings. The third-order valence-corrected chi connectivity index (χ3v) is 1.39. The highest BCUT2D eigenvalue weighted by Gasteiger charge is 2.11. The monoisotopic (exact) mass is 163 g/mol. The standard InChI is InChI=1S/C7H5N3O2/c1-5-2-3-6(10(11)12)4-7(5)9-8/h2-4H,1H2. The Balaban J connectivity index is 3.22. The number of hydrogen-bond donors (Lipinski definition) is 0. The van der Waals surface area contributed by atoms with Gasteiger partial charge in [0.15, 0.2) is 0 Å². The van der Waals surface area contributed by atoms with Crippen LogP contribution in [0.25, 0.3) is 5.53 Å². The zero-order chi connectivity index (χ0) is 9.14. The number of hydrogen-bond acceptors (Lipinski definition) is 3. The van der Waals surface area contributed by atoms with E-state index in [9.17, 15) is 10.1 Å². The highest BCUT2D eigenvalue weighted by atomic mass is 16.6. The van der Waals surface area contributed by atoms with Crippen molar-refractivity contribution < 1.29 is 4.92 Å². The fourth-order valence-electron chi connectivity index (χ4n) is 0.759. The largest absolute Gasteiger partial charge is 0.424 e. The first kappa shape index (κ1) is 8.32. The summed E-state index contributed by atoms with van der Waals surface area (Å²) in [5, 5.41) is 13.1. The summed E-state index contributed by atoms with van der Waals surface area (Å²) in [5.41, 5.74) is 8.83. The van der Waals surface area contributed by atoms with E-state index in [0.717, 1.165) is 6.07 Å². The Kier molecular flexibility index (Phi) is 2.14. The van der Waals surface area contributed by atoms with Crippen molar-refractivity contribution in [2.75, 3.05) is 0 Å². The number of benzene rings is 1. The van der Waals surface area contributed by atoms with Crippen LogP contribution < -0.4 is 5.11 Å². The fraction of sp³-hybridized carbons (Fsp3) is 0. The van der Waals surface area contributed by atoms with Gasteiger partial charge in [0.05, 0.1) is 11.0 Å². The van der Waals surface area contributed by atoms with E-state index in [1.165, 1.54) is 12.1 Å². The molecular formula is C7H5N3O2. The Labute approximate surface area is 68.7 Å². The van der Waals surface area contributed by atoms with Gasteiger partial charge in [-0.05, 0) is 18.1 Å². The van der Waals surface area contributed by atoms with Crippen LogP contribution >= 0.6 is 0 Å². The highest BCUT2D eigenvalue weighted by Crippen LogP contribution is 2.20. The van der Waals surface area contributed by atoms with E-state index in [0.29, 0.717) is 5.56 Å². The lowest BCUT2D eigenvalue weighted by molar-refractivity contribution is -0.384. The SMILES string of the molecule is [CH2]c1ccc([N+](=O)[O-])cc1[N+]=[N-]. The first-order chi connectivity index (χ1) is 5.65. The average molecular weight is 163 g/mol. The van der Waals surface area contributed by atoms with E-state index in [1.54, 1.807) is 0 Å². The molecule has 5 nitrogen and oxygen atoms in total. The van der Waals surface area contributed by atoms with Gasteiger partial charge in [-0.3, -0.25) is 10.1 Å². The molecule has 0 saturated heterocycles. The molecule has 0 fully saturated rings. The second-order valence-corrected chi connectivity index (χ2v) is 2.17. The van der Waals surface area contributed by atoms with Gasteiger partial charge < -0.3 is 5.53 Å². The molecule has 1 rings (SSSR count). The maximum Gasteiger partial charge on any atom is 0.276 e. The van der Waals surface area contributed by atoms with E-state index in [4.69, 9.17) is 5.53 Å². The summed E-state index contributed by atoms with van der Waals surface area (Å²) in [4.78, 5) is 9.68. The van der Waals surface area contributed by atoms with Crippen LogP contribution in [0.5, 0.6) is 0 Å². The number of nitro groups is 1. The number of nitrogens with zero attached hydrogens (tertiary/aromatic N) is 3. The molecule has 0 atom stereocenters. The molecule has 0 saturated carbocycles. The molecule has 0 heterocycles. The van der Waals surface area contributed by atoms with Crippen LogP contribution in [0.4, 0.5) is 11.4 Å². The van der Waals surface area contributed by atoms with Crippen LogP contribution in [-0.2, 0) is 0 Å². The smallest absolute Gasteiger partial charge is 0.276 e. The van der Waals surface area contributed by atoms with Gasteiger partial charge >= 0.3 is 0 Å². The molecule has 0 aromatic heterocycles. The first-order valence-corrected chi connectivity index (χ1v) is 3.10. The number of non-ortho nitro benzene ring substituents is 1. The maximum absolute atomic E-state index is 10.2. The molecule has 1 aromatic rings. The van der Waals surface area contributed by atoms with Crippen LogP contribution in [0.2, 0.25) is 0 Å². The van der Waals surface area contributed by atoms with E-state index < -0.39 is 4.92 Å². The molecule has 0 unspecified atom stereocenters. The van der Waals surface area contributed by atoms with Gasteiger partial charge in [-0.25, -0.2) is 0 Å². The van der Waals surface area contributed by atoms with Crippen LogP contribution in [-0.4, -0.2) is 4.92 Å². The lowest BCUT2D eigenvalue weighted by atomic mass is 10.2. The molecule has 0 N–H and O–H groups in total. The molecule has 5 heteroatoms.